The van der Waals surface area contributed by atoms with E-state index in [0.717, 1.165) is 11.3 Å². The van der Waals surface area contributed by atoms with Gasteiger partial charge in [-0.3, -0.25) is 4.79 Å². The number of thioether (sulfide) groups is 1. The minimum absolute atomic E-state index is 0.00651. The molecule has 2 rings (SSSR count). The Labute approximate surface area is 113 Å². The van der Waals surface area contributed by atoms with Gasteiger partial charge in [-0.1, -0.05) is 0 Å². The molecule has 1 aliphatic heterocycles. The fourth-order valence-electron chi connectivity index (χ4n) is 1.95. The lowest BCUT2D eigenvalue weighted by Gasteiger charge is -2.13. The summed E-state index contributed by atoms with van der Waals surface area (Å²) >= 11 is 1.99. The van der Waals surface area contributed by atoms with Gasteiger partial charge < -0.3 is 10.6 Å². The average Bonchev–Trinajstić information content (AvgIpc) is 2.82. The van der Waals surface area contributed by atoms with E-state index < -0.39 is 0 Å². The Kier molecular flexibility index (Phi) is 4.53. The third kappa shape index (κ3) is 3.67. The van der Waals surface area contributed by atoms with Crippen molar-refractivity contribution in [2.24, 2.45) is 0 Å². The molecule has 18 heavy (non-hydrogen) atoms. The first kappa shape index (κ1) is 13.3. The minimum Gasteiger partial charge on any atom is -0.381 e. The van der Waals surface area contributed by atoms with Crippen molar-refractivity contribution in [1.82, 2.24) is 5.32 Å². The summed E-state index contributed by atoms with van der Waals surface area (Å²) in [6.45, 7) is 3.93. The molecule has 0 saturated carbocycles. The normalized spacial score (nSPS) is 18.9. The summed E-state index contributed by atoms with van der Waals surface area (Å²) in [6, 6.07) is 8.47. The van der Waals surface area contributed by atoms with Crippen LogP contribution in [0.5, 0.6) is 0 Å². The lowest BCUT2D eigenvalue weighted by Crippen LogP contribution is -2.30. The van der Waals surface area contributed by atoms with Crippen molar-refractivity contribution in [3.8, 4) is 0 Å². The summed E-state index contributed by atoms with van der Waals surface area (Å²) in [5.74, 6) is 2.41. The summed E-state index contributed by atoms with van der Waals surface area (Å²) in [5.41, 5.74) is 1.82. The molecule has 0 aliphatic carbocycles. The Balaban J connectivity index is 1.94. The number of benzene rings is 1. The average molecular weight is 264 g/mol. The maximum absolute atomic E-state index is 11.8. The number of carbonyl (C=O) groups excluding carboxylic acids is 1. The zero-order valence-corrected chi connectivity index (χ0v) is 11.7. The molecule has 1 fully saturated rings. The molecule has 2 N–H and O–H groups in total. The Morgan fingerprint density at radius 1 is 1.33 bits per heavy atom. The molecule has 4 heteroatoms. The second kappa shape index (κ2) is 6.14. The molecule has 1 atom stereocenters. The van der Waals surface area contributed by atoms with E-state index in [1.807, 2.05) is 49.9 Å². The first-order chi connectivity index (χ1) is 8.65. The number of rotatable bonds is 4. The molecule has 1 aliphatic rings. The van der Waals surface area contributed by atoms with Crippen molar-refractivity contribution in [1.29, 1.82) is 0 Å². The second-order valence-corrected chi connectivity index (χ2v) is 6.06. The standard InChI is InChI=1S/C14H20N2OS/c1-10(2)15-14(17)11-3-5-12(6-4-11)16-13-7-8-18-9-13/h3-6,10,13,16H,7-9H2,1-2H3,(H,15,17). The van der Waals surface area contributed by atoms with Crippen LogP contribution in [0.4, 0.5) is 5.69 Å². The highest BCUT2D eigenvalue weighted by Gasteiger charge is 2.15. The Bertz CT molecular complexity index is 397. The number of amides is 1. The molecular formula is C14H20N2OS. The molecular weight excluding hydrogens is 244 g/mol. The summed E-state index contributed by atoms with van der Waals surface area (Å²) in [6.07, 6.45) is 1.22. The molecule has 0 spiro atoms. The third-order valence-corrected chi connectivity index (χ3v) is 4.03. The van der Waals surface area contributed by atoms with Crippen LogP contribution in [0.1, 0.15) is 30.6 Å². The number of anilines is 1. The Hall–Kier alpha value is -1.16. The molecule has 1 amide bonds. The largest absolute Gasteiger partial charge is 0.381 e. The van der Waals surface area contributed by atoms with E-state index in [2.05, 4.69) is 10.6 Å². The first-order valence-electron chi connectivity index (χ1n) is 6.40. The third-order valence-electron chi connectivity index (χ3n) is 2.87. The van der Waals surface area contributed by atoms with E-state index in [1.54, 1.807) is 0 Å². The monoisotopic (exact) mass is 264 g/mol. The first-order valence-corrected chi connectivity index (χ1v) is 7.56. The molecule has 1 saturated heterocycles. The Morgan fingerprint density at radius 3 is 2.61 bits per heavy atom. The van der Waals surface area contributed by atoms with Crippen LogP contribution in [0.2, 0.25) is 0 Å². The molecule has 0 radical (unpaired) electrons. The minimum atomic E-state index is -0.00651. The molecule has 3 nitrogen and oxygen atoms in total. The van der Waals surface area contributed by atoms with Crippen molar-refractivity contribution in [2.75, 3.05) is 16.8 Å². The van der Waals surface area contributed by atoms with E-state index in [4.69, 9.17) is 0 Å². The van der Waals surface area contributed by atoms with E-state index in [9.17, 15) is 4.79 Å². The van der Waals surface area contributed by atoms with Crippen LogP contribution in [0.3, 0.4) is 0 Å². The van der Waals surface area contributed by atoms with Crippen LogP contribution < -0.4 is 10.6 Å². The highest BCUT2D eigenvalue weighted by atomic mass is 32.2. The quantitative estimate of drug-likeness (QED) is 0.878. The smallest absolute Gasteiger partial charge is 0.251 e. The van der Waals surface area contributed by atoms with Crippen molar-refractivity contribution in [3.63, 3.8) is 0 Å². The van der Waals surface area contributed by atoms with Crippen LogP contribution in [-0.4, -0.2) is 29.5 Å². The van der Waals surface area contributed by atoms with Gasteiger partial charge in [0.2, 0.25) is 0 Å². The number of nitrogens with one attached hydrogen (secondary N) is 2. The lowest BCUT2D eigenvalue weighted by molar-refractivity contribution is 0.0943. The zero-order chi connectivity index (χ0) is 13.0. The maximum Gasteiger partial charge on any atom is 0.251 e. The van der Waals surface area contributed by atoms with Crippen LogP contribution in [0.25, 0.3) is 0 Å². The molecule has 1 aromatic rings. The molecule has 1 aromatic carbocycles. The highest BCUT2D eigenvalue weighted by Crippen LogP contribution is 2.21. The van der Waals surface area contributed by atoms with E-state index in [1.165, 1.54) is 17.9 Å². The molecule has 0 aromatic heterocycles. The predicted octanol–water partition coefficient (Wildman–Crippen LogP) is 2.74. The summed E-state index contributed by atoms with van der Waals surface area (Å²) in [7, 11) is 0. The highest BCUT2D eigenvalue weighted by molar-refractivity contribution is 7.99. The van der Waals surface area contributed by atoms with Gasteiger partial charge in [0.05, 0.1) is 0 Å². The van der Waals surface area contributed by atoms with Crippen molar-refractivity contribution < 1.29 is 4.79 Å². The summed E-state index contributed by atoms with van der Waals surface area (Å²) in [5, 5.41) is 6.38. The van der Waals surface area contributed by atoms with Crippen molar-refractivity contribution in [3.05, 3.63) is 29.8 Å². The van der Waals surface area contributed by atoms with E-state index in [0.29, 0.717) is 6.04 Å². The lowest BCUT2D eigenvalue weighted by atomic mass is 10.1. The SMILES string of the molecule is CC(C)NC(=O)c1ccc(NC2CCSC2)cc1. The molecule has 1 unspecified atom stereocenters. The van der Waals surface area contributed by atoms with E-state index >= 15 is 0 Å². The Morgan fingerprint density at radius 2 is 2.06 bits per heavy atom. The van der Waals surface area contributed by atoms with Gasteiger partial charge in [0.25, 0.3) is 5.91 Å². The van der Waals surface area contributed by atoms with Crippen molar-refractivity contribution >= 4 is 23.4 Å². The van der Waals surface area contributed by atoms with Gasteiger partial charge >= 0.3 is 0 Å². The van der Waals surface area contributed by atoms with Crippen LogP contribution >= 0.6 is 11.8 Å². The van der Waals surface area contributed by atoms with E-state index in [-0.39, 0.29) is 11.9 Å². The van der Waals surface area contributed by atoms with Gasteiger partial charge in [0.15, 0.2) is 0 Å². The van der Waals surface area contributed by atoms with Gasteiger partial charge in [-0.2, -0.15) is 11.8 Å². The van der Waals surface area contributed by atoms with Crippen LogP contribution in [0, 0.1) is 0 Å². The van der Waals surface area contributed by atoms with Gasteiger partial charge in [0, 0.05) is 29.1 Å². The zero-order valence-electron chi connectivity index (χ0n) is 10.9. The molecule has 0 bridgehead atoms. The van der Waals surface area contributed by atoms with Gasteiger partial charge in [-0.05, 0) is 50.3 Å². The second-order valence-electron chi connectivity index (χ2n) is 4.91. The summed E-state index contributed by atoms with van der Waals surface area (Å²) in [4.78, 5) is 11.8. The van der Waals surface area contributed by atoms with Gasteiger partial charge in [0.1, 0.15) is 0 Å². The maximum atomic E-state index is 11.8. The number of carbonyl (C=O) groups is 1. The topological polar surface area (TPSA) is 41.1 Å². The fraction of sp³-hybridized carbons (Fsp3) is 0.500. The van der Waals surface area contributed by atoms with Crippen LogP contribution in [0.15, 0.2) is 24.3 Å². The van der Waals surface area contributed by atoms with Gasteiger partial charge in [-0.15, -0.1) is 0 Å². The summed E-state index contributed by atoms with van der Waals surface area (Å²) < 4.78 is 0. The number of hydrogen-bond donors (Lipinski definition) is 2. The van der Waals surface area contributed by atoms with Gasteiger partial charge in [-0.25, -0.2) is 0 Å². The van der Waals surface area contributed by atoms with Crippen LogP contribution in [-0.2, 0) is 0 Å². The molecule has 1 heterocycles. The molecule has 98 valence electrons. The fourth-order valence-corrected chi connectivity index (χ4v) is 3.10. The van der Waals surface area contributed by atoms with Crippen molar-refractivity contribution in [2.45, 2.75) is 32.4 Å². The number of hydrogen-bond acceptors (Lipinski definition) is 3. The predicted molar refractivity (Wildman–Crippen MR) is 78.4 cm³/mol.